The number of halogens is 2. The number of hydrogen-bond acceptors (Lipinski definition) is 4. The topological polar surface area (TPSA) is 60.7 Å². The average Bonchev–Trinajstić information content (AvgIpc) is 2.88. The normalized spacial score (nSPS) is 10.7. The summed E-state index contributed by atoms with van der Waals surface area (Å²) in [6, 6.07) is 9.23. The van der Waals surface area contributed by atoms with E-state index in [-0.39, 0.29) is 16.5 Å². The molecule has 0 aliphatic carbocycles. The lowest BCUT2D eigenvalue weighted by Crippen LogP contribution is -2.08. The second kappa shape index (κ2) is 6.48. The van der Waals surface area contributed by atoms with Crippen molar-refractivity contribution in [3.8, 4) is 0 Å². The monoisotopic (exact) mass is 346 g/mol. The molecule has 5 nitrogen and oxygen atoms in total. The van der Waals surface area contributed by atoms with E-state index in [1.807, 2.05) is 31.2 Å². The minimum absolute atomic E-state index is 0.118. The second-order valence-electron chi connectivity index (χ2n) is 5.01. The van der Waals surface area contributed by atoms with Crippen LogP contribution in [0.2, 0.25) is 10.2 Å². The fraction of sp³-hybridized carbons (Fsp3) is 0.125. The number of benzene rings is 1. The number of carbonyl (C=O) groups is 1. The van der Waals surface area contributed by atoms with Crippen molar-refractivity contribution in [3.63, 3.8) is 0 Å². The van der Waals surface area contributed by atoms with Crippen LogP contribution < -0.4 is 0 Å². The molecular formula is C16H12Cl2N4O. The Bertz CT molecular complexity index is 876. The molecule has 0 radical (unpaired) electrons. The highest BCUT2D eigenvalue weighted by Gasteiger charge is 2.18. The van der Waals surface area contributed by atoms with Gasteiger partial charge in [-0.15, -0.1) is 0 Å². The first-order valence-electron chi connectivity index (χ1n) is 6.83. The molecule has 3 aromatic rings. The van der Waals surface area contributed by atoms with Gasteiger partial charge in [0.25, 0.3) is 0 Å². The molecule has 0 saturated heterocycles. The average molecular weight is 347 g/mol. The molecule has 116 valence electrons. The fourth-order valence-electron chi connectivity index (χ4n) is 2.19. The van der Waals surface area contributed by atoms with Crippen molar-refractivity contribution >= 4 is 29.0 Å². The number of rotatable bonds is 4. The smallest absolute Gasteiger partial charge is 0.217 e. The molecule has 0 unspecified atom stereocenters. The molecule has 0 aliphatic heterocycles. The van der Waals surface area contributed by atoms with E-state index in [1.165, 1.54) is 12.5 Å². The third-order valence-corrected chi connectivity index (χ3v) is 3.88. The number of carbonyl (C=O) groups excluding carboxylic acids is 1. The van der Waals surface area contributed by atoms with Crippen molar-refractivity contribution in [2.24, 2.45) is 0 Å². The molecule has 23 heavy (non-hydrogen) atoms. The van der Waals surface area contributed by atoms with Crippen LogP contribution in [0.1, 0.15) is 27.3 Å². The van der Waals surface area contributed by atoms with Crippen molar-refractivity contribution in [2.75, 3.05) is 0 Å². The number of hydrogen-bond donors (Lipinski definition) is 0. The zero-order chi connectivity index (χ0) is 16.4. The van der Waals surface area contributed by atoms with Crippen LogP contribution >= 0.6 is 23.2 Å². The Morgan fingerprint density at radius 2 is 2.09 bits per heavy atom. The molecule has 0 atom stereocenters. The van der Waals surface area contributed by atoms with E-state index in [0.717, 1.165) is 11.3 Å². The molecule has 3 rings (SSSR count). The SMILES string of the molecule is Cc1cc(C(=O)c2cncnc2Cl)nn1Cc1cccc(Cl)c1. The predicted molar refractivity (Wildman–Crippen MR) is 88.0 cm³/mol. The van der Waals surface area contributed by atoms with Gasteiger partial charge in [-0.1, -0.05) is 35.3 Å². The minimum Gasteiger partial charge on any atom is -0.287 e. The number of ketones is 1. The summed E-state index contributed by atoms with van der Waals surface area (Å²) in [6.45, 7) is 2.41. The van der Waals surface area contributed by atoms with Crippen LogP contribution in [0.15, 0.2) is 42.9 Å². The Kier molecular flexibility index (Phi) is 4.41. The van der Waals surface area contributed by atoms with E-state index >= 15 is 0 Å². The summed E-state index contributed by atoms with van der Waals surface area (Å²) >= 11 is 11.9. The first-order valence-corrected chi connectivity index (χ1v) is 7.59. The number of nitrogens with zero attached hydrogens (tertiary/aromatic N) is 4. The lowest BCUT2D eigenvalue weighted by atomic mass is 10.1. The van der Waals surface area contributed by atoms with Crippen molar-refractivity contribution in [3.05, 3.63) is 75.5 Å². The van der Waals surface area contributed by atoms with Gasteiger partial charge in [-0.3, -0.25) is 9.48 Å². The van der Waals surface area contributed by atoms with Gasteiger partial charge >= 0.3 is 0 Å². The zero-order valence-corrected chi connectivity index (χ0v) is 13.7. The molecule has 1 aromatic carbocycles. The van der Waals surface area contributed by atoms with Gasteiger partial charge in [0.05, 0.1) is 12.1 Å². The Hall–Kier alpha value is -2.24. The highest BCUT2D eigenvalue weighted by molar-refractivity contribution is 6.33. The lowest BCUT2D eigenvalue weighted by Gasteiger charge is -2.05. The van der Waals surface area contributed by atoms with Crippen LogP contribution in [-0.2, 0) is 6.54 Å². The van der Waals surface area contributed by atoms with E-state index in [1.54, 1.807) is 10.7 Å². The van der Waals surface area contributed by atoms with Crippen LogP contribution in [0.3, 0.4) is 0 Å². The molecule has 2 heterocycles. The first kappa shape index (κ1) is 15.6. The quantitative estimate of drug-likeness (QED) is 0.535. The van der Waals surface area contributed by atoms with Crippen LogP contribution in [0.4, 0.5) is 0 Å². The largest absolute Gasteiger partial charge is 0.287 e. The maximum Gasteiger partial charge on any atom is 0.217 e. The molecule has 0 bridgehead atoms. The van der Waals surface area contributed by atoms with Gasteiger partial charge in [-0.25, -0.2) is 9.97 Å². The third-order valence-electron chi connectivity index (χ3n) is 3.34. The predicted octanol–water partition coefficient (Wildman–Crippen LogP) is 3.57. The second-order valence-corrected chi connectivity index (χ2v) is 5.81. The molecule has 0 saturated carbocycles. The van der Waals surface area contributed by atoms with E-state index in [9.17, 15) is 4.79 Å². The van der Waals surface area contributed by atoms with E-state index in [0.29, 0.717) is 17.3 Å². The van der Waals surface area contributed by atoms with Crippen LogP contribution in [-0.4, -0.2) is 25.5 Å². The Morgan fingerprint density at radius 3 is 2.83 bits per heavy atom. The minimum atomic E-state index is -0.302. The van der Waals surface area contributed by atoms with Crippen molar-refractivity contribution < 1.29 is 4.79 Å². The van der Waals surface area contributed by atoms with Crippen molar-refractivity contribution in [1.82, 2.24) is 19.7 Å². The lowest BCUT2D eigenvalue weighted by molar-refractivity contribution is 0.103. The van der Waals surface area contributed by atoms with Gasteiger partial charge in [-0.05, 0) is 30.7 Å². The summed E-state index contributed by atoms with van der Waals surface area (Å²) in [5.74, 6) is -0.302. The third kappa shape index (κ3) is 3.41. The Labute approximate surface area is 142 Å². The van der Waals surface area contributed by atoms with Gasteiger partial charge in [0.2, 0.25) is 5.78 Å². The van der Waals surface area contributed by atoms with Crippen LogP contribution in [0.5, 0.6) is 0 Å². The number of aryl methyl sites for hydroxylation is 1. The van der Waals surface area contributed by atoms with Crippen LogP contribution in [0, 0.1) is 6.92 Å². The van der Waals surface area contributed by atoms with E-state index in [4.69, 9.17) is 23.2 Å². The van der Waals surface area contributed by atoms with Crippen LogP contribution in [0.25, 0.3) is 0 Å². The number of aromatic nitrogens is 4. The summed E-state index contributed by atoms with van der Waals surface area (Å²) in [6.07, 6.45) is 2.69. The van der Waals surface area contributed by atoms with E-state index < -0.39 is 0 Å². The zero-order valence-electron chi connectivity index (χ0n) is 12.2. The maximum atomic E-state index is 12.5. The van der Waals surface area contributed by atoms with Gasteiger partial charge in [0.15, 0.2) is 0 Å². The van der Waals surface area contributed by atoms with E-state index in [2.05, 4.69) is 15.1 Å². The Morgan fingerprint density at radius 1 is 1.26 bits per heavy atom. The summed E-state index contributed by atoms with van der Waals surface area (Å²) < 4.78 is 1.75. The van der Waals surface area contributed by atoms with Gasteiger partial charge in [-0.2, -0.15) is 5.10 Å². The molecule has 7 heteroatoms. The highest BCUT2D eigenvalue weighted by Crippen LogP contribution is 2.17. The van der Waals surface area contributed by atoms with Crippen molar-refractivity contribution in [2.45, 2.75) is 13.5 Å². The molecule has 2 aromatic heterocycles. The van der Waals surface area contributed by atoms with Gasteiger partial charge in [0.1, 0.15) is 17.2 Å². The standard InChI is InChI=1S/C16H12Cl2N4O/c1-10-5-14(15(23)13-7-19-9-20-16(13)18)21-22(10)8-11-3-2-4-12(17)6-11/h2-7,9H,8H2,1H3. The van der Waals surface area contributed by atoms with Gasteiger partial charge in [0, 0.05) is 16.9 Å². The maximum absolute atomic E-state index is 12.5. The Balaban J connectivity index is 1.89. The molecule has 0 aliphatic rings. The molecule has 0 amide bonds. The summed E-state index contributed by atoms with van der Waals surface area (Å²) in [5.41, 5.74) is 2.41. The highest BCUT2D eigenvalue weighted by atomic mass is 35.5. The fourth-order valence-corrected chi connectivity index (χ4v) is 2.59. The molecule has 0 N–H and O–H groups in total. The van der Waals surface area contributed by atoms with Crippen molar-refractivity contribution in [1.29, 1.82) is 0 Å². The first-order chi connectivity index (χ1) is 11.0. The molecule has 0 fully saturated rings. The molecular weight excluding hydrogens is 335 g/mol. The van der Waals surface area contributed by atoms with Gasteiger partial charge < -0.3 is 0 Å². The summed E-state index contributed by atoms with van der Waals surface area (Å²) in [7, 11) is 0. The summed E-state index contributed by atoms with van der Waals surface area (Å²) in [5, 5.41) is 5.14. The molecule has 0 spiro atoms. The summed E-state index contributed by atoms with van der Waals surface area (Å²) in [4.78, 5) is 20.1.